The molecule has 9 heteroatoms. The lowest BCUT2D eigenvalue weighted by atomic mass is 10.00. The van der Waals surface area contributed by atoms with Crippen LogP contribution in [-0.2, 0) is 9.47 Å². The summed E-state index contributed by atoms with van der Waals surface area (Å²) in [5.74, 6) is 0.992. The molecule has 2 fully saturated rings. The highest BCUT2D eigenvalue weighted by molar-refractivity contribution is 5.92. The first kappa shape index (κ1) is 22.1. The Hall–Kier alpha value is -2.72. The van der Waals surface area contributed by atoms with Crippen molar-refractivity contribution in [1.82, 2.24) is 14.8 Å². The van der Waals surface area contributed by atoms with Crippen molar-refractivity contribution in [3.05, 3.63) is 36.5 Å². The first-order valence-corrected chi connectivity index (χ1v) is 11.5. The van der Waals surface area contributed by atoms with E-state index in [9.17, 15) is 5.11 Å². The Balaban J connectivity index is 1.50. The van der Waals surface area contributed by atoms with Crippen molar-refractivity contribution >= 4 is 16.7 Å². The van der Waals surface area contributed by atoms with Gasteiger partial charge < -0.3 is 30.4 Å². The third kappa shape index (κ3) is 4.41. The van der Waals surface area contributed by atoms with E-state index in [0.29, 0.717) is 18.3 Å². The summed E-state index contributed by atoms with van der Waals surface area (Å²) in [6, 6.07) is 10.1. The summed E-state index contributed by atoms with van der Waals surface area (Å²) in [6.45, 7) is 5.84. The molecule has 0 bridgehead atoms. The predicted octanol–water partition coefficient (Wildman–Crippen LogP) is 2.55. The van der Waals surface area contributed by atoms with Crippen LogP contribution < -0.4 is 15.8 Å². The number of ether oxygens (including phenoxy) is 3. The number of nitrogens with one attached hydrogen (secondary N) is 1. The largest absolute Gasteiger partial charge is 0.491 e. The average molecular weight is 454 g/mol. The Kier molecular flexibility index (Phi) is 6.20. The van der Waals surface area contributed by atoms with Gasteiger partial charge in [0.15, 0.2) is 11.9 Å². The topological polar surface area (TPSA) is 117 Å². The molecule has 3 aromatic rings. The maximum atomic E-state index is 9.72. The van der Waals surface area contributed by atoms with Gasteiger partial charge in [0.25, 0.3) is 0 Å². The van der Waals surface area contributed by atoms with Gasteiger partial charge in [0.1, 0.15) is 18.5 Å². The minimum Gasteiger partial charge on any atom is -0.491 e. The van der Waals surface area contributed by atoms with Gasteiger partial charge in [0, 0.05) is 29.8 Å². The van der Waals surface area contributed by atoms with E-state index >= 15 is 0 Å². The zero-order valence-corrected chi connectivity index (χ0v) is 19.0. The van der Waals surface area contributed by atoms with Crippen molar-refractivity contribution in [2.24, 2.45) is 11.7 Å². The monoisotopic (exact) mass is 453 g/mol. The van der Waals surface area contributed by atoms with E-state index in [1.54, 1.807) is 0 Å². The van der Waals surface area contributed by atoms with Gasteiger partial charge in [0.05, 0.1) is 36.5 Å². The summed E-state index contributed by atoms with van der Waals surface area (Å²) >= 11 is 0. The van der Waals surface area contributed by atoms with Gasteiger partial charge >= 0.3 is 0 Å². The number of benzene rings is 1. The highest BCUT2D eigenvalue weighted by Gasteiger charge is 2.41. The Morgan fingerprint density at radius 1 is 1.30 bits per heavy atom. The van der Waals surface area contributed by atoms with Crippen molar-refractivity contribution in [2.75, 3.05) is 31.7 Å². The second kappa shape index (κ2) is 9.26. The molecule has 9 nitrogen and oxygen atoms in total. The smallest absolute Gasteiger partial charge is 0.162 e. The van der Waals surface area contributed by atoms with Gasteiger partial charge in [-0.25, -0.2) is 9.67 Å². The van der Waals surface area contributed by atoms with Gasteiger partial charge in [-0.3, -0.25) is 0 Å². The Morgan fingerprint density at radius 2 is 2.18 bits per heavy atom. The first-order valence-electron chi connectivity index (χ1n) is 11.5. The number of hydrogen-bond acceptors (Lipinski definition) is 8. The van der Waals surface area contributed by atoms with Gasteiger partial charge in [-0.1, -0.05) is 12.1 Å². The van der Waals surface area contributed by atoms with E-state index in [2.05, 4.69) is 30.3 Å². The molecule has 0 amide bonds. The van der Waals surface area contributed by atoms with Crippen LogP contribution in [0.5, 0.6) is 5.75 Å². The first-order chi connectivity index (χ1) is 16.0. The number of pyridine rings is 1. The van der Waals surface area contributed by atoms with Gasteiger partial charge in [-0.15, -0.1) is 0 Å². The van der Waals surface area contributed by atoms with Crippen LogP contribution in [0, 0.1) is 5.92 Å². The standard InChI is InChI=1S/C24H31N5O4/c1-14(2)29-23-19(11-26-29)21(27-22-13-33-24-18(22)6-7-31-24)9-20(28-23)15-4-3-5-17(8-15)32-12-16(30)10-25/h3-5,8-9,11,14,16,18,22,24,30H,6-7,10,12-13,25H2,1-2H3,(H,27,28)/t16?,18-,22+,24+/m1/s1. The molecule has 4 atom stereocenters. The molecule has 0 saturated carbocycles. The molecule has 0 spiro atoms. The van der Waals surface area contributed by atoms with Crippen molar-refractivity contribution in [3.63, 3.8) is 0 Å². The third-order valence-corrected chi connectivity index (χ3v) is 6.28. The van der Waals surface area contributed by atoms with E-state index in [0.717, 1.165) is 41.0 Å². The average Bonchev–Trinajstić information content (AvgIpc) is 3.54. The summed E-state index contributed by atoms with van der Waals surface area (Å²) in [7, 11) is 0. The maximum Gasteiger partial charge on any atom is 0.162 e. The second-order valence-corrected chi connectivity index (χ2v) is 8.98. The number of fused-ring (bicyclic) bond motifs is 2. The Labute approximate surface area is 192 Å². The summed E-state index contributed by atoms with van der Waals surface area (Å²) < 4.78 is 19.2. The Morgan fingerprint density at radius 3 is 3.00 bits per heavy atom. The molecule has 2 aliphatic rings. The van der Waals surface area contributed by atoms with Gasteiger partial charge in [-0.2, -0.15) is 5.10 Å². The second-order valence-electron chi connectivity index (χ2n) is 8.98. The highest BCUT2D eigenvalue weighted by Crippen LogP contribution is 2.36. The molecular weight excluding hydrogens is 422 g/mol. The van der Waals surface area contributed by atoms with Crippen LogP contribution in [-0.4, -0.2) is 64.7 Å². The van der Waals surface area contributed by atoms with Crippen LogP contribution in [0.1, 0.15) is 26.3 Å². The van der Waals surface area contributed by atoms with E-state index in [-0.39, 0.29) is 31.5 Å². The van der Waals surface area contributed by atoms with Crippen molar-refractivity contribution in [2.45, 2.75) is 44.7 Å². The lowest BCUT2D eigenvalue weighted by Crippen LogP contribution is -2.28. The third-order valence-electron chi connectivity index (χ3n) is 6.28. The predicted molar refractivity (Wildman–Crippen MR) is 125 cm³/mol. The minimum atomic E-state index is -0.698. The van der Waals surface area contributed by atoms with E-state index in [1.807, 2.05) is 35.1 Å². The van der Waals surface area contributed by atoms with Crippen molar-refractivity contribution in [3.8, 4) is 17.0 Å². The normalized spacial score (nSPS) is 23.2. The Bertz CT molecular complexity index is 1120. The molecule has 5 rings (SSSR count). The number of anilines is 1. The molecule has 176 valence electrons. The van der Waals surface area contributed by atoms with Gasteiger partial charge in [0.2, 0.25) is 0 Å². The molecule has 1 unspecified atom stereocenters. The molecule has 2 aromatic heterocycles. The fraction of sp³-hybridized carbons (Fsp3) is 0.500. The lowest BCUT2D eigenvalue weighted by Gasteiger charge is -2.19. The van der Waals surface area contributed by atoms with E-state index in [4.69, 9.17) is 24.9 Å². The molecule has 4 heterocycles. The fourth-order valence-electron chi connectivity index (χ4n) is 4.48. The molecule has 0 aliphatic carbocycles. The number of nitrogens with zero attached hydrogens (tertiary/aromatic N) is 3. The van der Waals surface area contributed by atoms with Crippen LogP contribution in [0.4, 0.5) is 5.69 Å². The molecule has 33 heavy (non-hydrogen) atoms. The van der Waals surface area contributed by atoms with Crippen LogP contribution in [0.2, 0.25) is 0 Å². The summed E-state index contributed by atoms with van der Waals surface area (Å²) in [6.07, 6.45) is 2.05. The SMILES string of the molecule is CC(C)n1ncc2c(N[C@H]3CO[C@@H]4OCC[C@@H]43)cc(-c3cccc(OCC(O)CN)c3)nc21. The summed E-state index contributed by atoms with van der Waals surface area (Å²) in [5.41, 5.74) is 9.02. The van der Waals surface area contributed by atoms with Crippen LogP contribution in [0.25, 0.3) is 22.3 Å². The summed E-state index contributed by atoms with van der Waals surface area (Å²) in [5, 5.41) is 19.0. The highest BCUT2D eigenvalue weighted by atomic mass is 16.7. The molecular formula is C24H31N5O4. The number of hydrogen-bond donors (Lipinski definition) is 3. The van der Waals surface area contributed by atoms with E-state index in [1.165, 1.54) is 0 Å². The van der Waals surface area contributed by atoms with Crippen LogP contribution in [0.15, 0.2) is 36.5 Å². The number of aromatic nitrogens is 3. The molecule has 0 radical (unpaired) electrons. The number of aliphatic hydroxyl groups excluding tert-OH is 1. The summed E-state index contributed by atoms with van der Waals surface area (Å²) in [4.78, 5) is 4.96. The van der Waals surface area contributed by atoms with Crippen LogP contribution in [0.3, 0.4) is 0 Å². The zero-order chi connectivity index (χ0) is 22.9. The maximum absolute atomic E-state index is 9.72. The molecule has 4 N–H and O–H groups in total. The number of nitrogens with two attached hydrogens (primary N) is 1. The fourth-order valence-corrected chi connectivity index (χ4v) is 4.48. The number of rotatable bonds is 8. The number of aliphatic hydroxyl groups is 1. The lowest BCUT2D eigenvalue weighted by molar-refractivity contribution is -0.0904. The minimum absolute atomic E-state index is 0.115. The van der Waals surface area contributed by atoms with Crippen molar-refractivity contribution in [1.29, 1.82) is 0 Å². The molecule has 2 aliphatic heterocycles. The van der Waals surface area contributed by atoms with Crippen molar-refractivity contribution < 1.29 is 19.3 Å². The molecule has 1 aromatic carbocycles. The molecule has 2 saturated heterocycles. The van der Waals surface area contributed by atoms with Crippen LogP contribution >= 0.6 is 0 Å². The zero-order valence-electron chi connectivity index (χ0n) is 19.0. The van der Waals surface area contributed by atoms with E-state index < -0.39 is 6.10 Å². The van der Waals surface area contributed by atoms with Gasteiger partial charge in [-0.05, 0) is 38.5 Å². The quantitative estimate of drug-likeness (QED) is 0.476.